The van der Waals surface area contributed by atoms with Crippen molar-refractivity contribution in [2.24, 2.45) is 0 Å². The summed E-state index contributed by atoms with van der Waals surface area (Å²) >= 11 is 0. The number of aromatic nitrogens is 2. The first kappa shape index (κ1) is 13.9. The molecule has 0 spiro atoms. The molecule has 0 amide bonds. The molecule has 0 unspecified atom stereocenters. The van der Waals surface area contributed by atoms with Crippen molar-refractivity contribution in [1.29, 1.82) is 0 Å². The van der Waals surface area contributed by atoms with Crippen molar-refractivity contribution in [3.05, 3.63) is 72.6 Å². The largest absolute Gasteiger partial charge is 0.481 e. The highest BCUT2D eigenvalue weighted by Gasteiger charge is 2.04. The molecular formula is C18H14N2O2. The van der Waals surface area contributed by atoms with Gasteiger partial charge in [-0.2, -0.15) is 0 Å². The Kier molecular flexibility index (Phi) is 3.92. The Morgan fingerprint density at radius 2 is 1.59 bits per heavy atom. The minimum atomic E-state index is -0.825. The van der Waals surface area contributed by atoms with E-state index in [-0.39, 0.29) is 6.42 Å². The van der Waals surface area contributed by atoms with E-state index in [1.807, 2.05) is 54.6 Å². The molecule has 0 aliphatic carbocycles. The highest BCUT2D eigenvalue weighted by molar-refractivity contribution is 5.71. The molecule has 0 atom stereocenters. The highest BCUT2D eigenvalue weighted by atomic mass is 16.4. The number of hydrogen-bond donors (Lipinski definition) is 1. The summed E-state index contributed by atoms with van der Waals surface area (Å²) in [6, 6.07) is 17.1. The van der Waals surface area contributed by atoms with E-state index in [1.165, 1.54) is 0 Å². The number of hydrogen-bond acceptors (Lipinski definition) is 3. The van der Waals surface area contributed by atoms with E-state index in [0.29, 0.717) is 0 Å². The van der Waals surface area contributed by atoms with Crippen LogP contribution in [0.1, 0.15) is 5.56 Å². The number of rotatable bonds is 4. The SMILES string of the molecule is O=C(O)Cc1ccc(-c2ccc(-c3ccccn3)nc2)cc1. The third-order valence-corrected chi connectivity index (χ3v) is 3.33. The molecule has 4 nitrogen and oxygen atoms in total. The van der Waals surface area contributed by atoms with E-state index in [9.17, 15) is 4.79 Å². The van der Waals surface area contributed by atoms with Crippen LogP contribution >= 0.6 is 0 Å². The number of carboxylic acid groups (broad SMARTS) is 1. The maximum atomic E-state index is 10.7. The normalized spacial score (nSPS) is 10.4. The number of pyridine rings is 2. The lowest BCUT2D eigenvalue weighted by Crippen LogP contribution is -1.99. The number of aliphatic carboxylic acids is 1. The van der Waals surface area contributed by atoms with Gasteiger partial charge in [-0.05, 0) is 29.3 Å². The van der Waals surface area contributed by atoms with Crippen molar-refractivity contribution >= 4 is 5.97 Å². The van der Waals surface area contributed by atoms with E-state index in [0.717, 1.165) is 28.1 Å². The van der Waals surface area contributed by atoms with E-state index >= 15 is 0 Å². The molecule has 2 aromatic heterocycles. The van der Waals surface area contributed by atoms with Gasteiger partial charge in [0.2, 0.25) is 0 Å². The van der Waals surface area contributed by atoms with E-state index in [4.69, 9.17) is 5.11 Å². The second-order valence-electron chi connectivity index (χ2n) is 4.91. The average molecular weight is 290 g/mol. The summed E-state index contributed by atoms with van der Waals surface area (Å²) in [6.45, 7) is 0. The van der Waals surface area contributed by atoms with Crippen molar-refractivity contribution in [3.63, 3.8) is 0 Å². The first-order chi connectivity index (χ1) is 10.7. The summed E-state index contributed by atoms with van der Waals surface area (Å²) in [4.78, 5) is 19.4. The fourth-order valence-corrected chi connectivity index (χ4v) is 2.22. The molecule has 1 N–H and O–H groups in total. The third kappa shape index (κ3) is 3.17. The Hall–Kier alpha value is -3.01. The Morgan fingerprint density at radius 1 is 0.864 bits per heavy atom. The van der Waals surface area contributed by atoms with Gasteiger partial charge in [-0.15, -0.1) is 0 Å². The maximum Gasteiger partial charge on any atom is 0.307 e. The molecule has 0 fully saturated rings. The quantitative estimate of drug-likeness (QED) is 0.799. The maximum absolute atomic E-state index is 10.7. The predicted octanol–water partition coefficient (Wildman–Crippen LogP) is 3.44. The van der Waals surface area contributed by atoms with Crippen molar-refractivity contribution in [3.8, 4) is 22.5 Å². The zero-order valence-corrected chi connectivity index (χ0v) is 11.8. The molecule has 0 bridgehead atoms. The second-order valence-corrected chi connectivity index (χ2v) is 4.91. The fraction of sp³-hybridized carbons (Fsp3) is 0.0556. The summed E-state index contributed by atoms with van der Waals surface area (Å²) in [7, 11) is 0. The minimum Gasteiger partial charge on any atom is -0.481 e. The standard InChI is InChI=1S/C18H14N2O2/c21-18(22)11-13-4-6-14(7-5-13)15-8-9-17(20-12-15)16-3-1-2-10-19-16/h1-10,12H,11H2,(H,21,22). The van der Waals surface area contributed by atoms with Crippen molar-refractivity contribution in [1.82, 2.24) is 9.97 Å². The van der Waals surface area contributed by atoms with Crippen molar-refractivity contribution in [2.45, 2.75) is 6.42 Å². The summed E-state index contributed by atoms with van der Waals surface area (Å²) in [5.74, 6) is -0.825. The van der Waals surface area contributed by atoms with Crippen molar-refractivity contribution in [2.75, 3.05) is 0 Å². The van der Waals surface area contributed by atoms with Crippen LogP contribution in [0.15, 0.2) is 67.0 Å². The predicted molar refractivity (Wildman–Crippen MR) is 84.2 cm³/mol. The van der Waals surface area contributed by atoms with Crippen LogP contribution in [0.5, 0.6) is 0 Å². The van der Waals surface area contributed by atoms with Crippen molar-refractivity contribution < 1.29 is 9.90 Å². The van der Waals surface area contributed by atoms with Crippen LogP contribution in [0.2, 0.25) is 0 Å². The van der Waals surface area contributed by atoms with Gasteiger partial charge >= 0.3 is 5.97 Å². The Labute approximate surface area is 128 Å². The van der Waals surface area contributed by atoms with Gasteiger partial charge in [0.15, 0.2) is 0 Å². The molecule has 3 rings (SSSR count). The summed E-state index contributed by atoms with van der Waals surface area (Å²) in [5, 5.41) is 8.78. The molecule has 108 valence electrons. The van der Waals surface area contributed by atoms with Gasteiger partial charge in [-0.1, -0.05) is 36.4 Å². The number of carboxylic acids is 1. The summed E-state index contributed by atoms with van der Waals surface area (Å²) in [6.07, 6.45) is 3.58. The topological polar surface area (TPSA) is 63.1 Å². The lowest BCUT2D eigenvalue weighted by molar-refractivity contribution is -0.136. The zero-order valence-electron chi connectivity index (χ0n) is 11.8. The van der Waals surface area contributed by atoms with Gasteiger partial charge in [-0.3, -0.25) is 14.8 Å². The number of benzene rings is 1. The average Bonchev–Trinajstić information content (AvgIpc) is 2.56. The third-order valence-electron chi connectivity index (χ3n) is 3.33. The summed E-state index contributed by atoms with van der Waals surface area (Å²) < 4.78 is 0. The molecule has 4 heteroatoms. The van der Waals surface area contributed by atoms with E-state index in [1.54, 1.807) is 12.4 Å². The van der Waals surface area contributed by atoms with Crippen LogP contribution in [-0.4, -0.2) is 21.0 Å². The van der Waals surface area contributed by atoms with Crippen LogP contribution < -0.4 is 0 Å². The smallest absolute Gasteiger partial charge is 0.307 e. The first-order valence-corrected chi connectivity index (χ1v) is 6.91. The van der Waals surface area contributed by atoms with Gasteiger partial charge in [0.1, 0.15) is 0 Å². The van der Waals surface area contributed by atoms with Gasteiger partial charge in [-0.25, -0.2) is 0 Å². The van der Waals surface area contributed by atoms with Gasteiger partial charge < -0.3 is 5.11 Å². The monoisotopic (exact) mass is 290 g/mol. The van der Waals surface area contributed by atoms with Gasteiger partial charge in [0.25, 0.3) is 0 Å². The molecular weight excluding hydrogens is 276 g/mol. The van der Waals surface area contributed by atoms with Gasteiger partial charge in [0, 0.05) is 18.0 Å². The molecule has 1 aromatic carbocycles. The first-order valence-electron chi connectivity index (χ1n) is 6.91. The molecule has 0 aliphatic rings. The van der Waals surface area contributed by atoms with Gasteiger partial charge in [0.05, 0.1) is 17.8 Å². The Morgan fingerprint density at radius 3 is 2.18 bits per heavy atom. The molecule has 2 heterocycles. The van der Waals surface area contributed by atoms with Crippen LogP contribution in [0.4, 0.5) is 0 Å². The van der Waals surface area contributed by atoms with Crippen LogP contribution in [0.3, 0.4) is 0 Å². The van der Waals surface area contributed by atoms with E-state index in [2.05, 4.69) is 9.97 Å². The molecule has 0 saturated carbocycles. The van der Waals surface area contributed by atoms with Crippen LogP contribution in [0, 0.1) is 0 Å². The minimum absolute atomic E-state index is 0.0388. The lowest BCUT2D eigenvalue weighted by atomic mass is 10.0. The Balaban J connectivity index is 1.82. The van der Waals surface area contributed by atoms with Crippen LogP contribution in [-0.2, 0) is 11.2 Å². The molecule has 22 heavy (non-hydrogen) atoms. The molecule has 0 saturated heterocycles. The Bertz CT molecular complexity index is 766. The molecule has 3 aromatic rings. The fourth-order valence-electron chi connectivity index (χ4n) is 2.22. The second kappa shape index (κ2) is 6.18. The number of nitrogens with zero attached hydrogens (tertiary/aromatic N) is 2. The number of carbonyl (C=O) groups is 1. The zero-order chi connectivity index (χ0) is 15.4. The summed E-state index contributed by atoms with van der Waals surface area (Å²) in [5.41, 5.74) is 4.45. The van der Waals surface area contributed by atoms with E-state index < -0.39 is 5.97 Å². The molecule has 0 radical (unpaired) electrons. The van der Waals surface area contributed by atoms with Crippen LogP contribution in [0.25, 0.3) is 22.5 Å². The highest BCUT2D eigenvalue weighted by Crippen LogP contribution is 2.22. The lowest BCUT2D eigenvalue weighted by Gasteiger charge is -2.04. The molecule has 0 aliphatic heterocycles.